The summed E-state index contributed by atoms with van der Waals surface area (Å²) in [5.74, 6) is -9.58. The Kier molecular flexibility index (Phi) is 5.40. The van der Waals surface area contributed by atoms with Crippen LogP contribution in [0.2, 0.25) is 0 Å². The van der Waals surface area contributed by atoms with Gasteiger partial charge in [0.15, 0.2) is 5.78 Å². The molecule has 0 aliphatic heterocycles. The fourth-order valence-electron chi connectivity index (χ4n) is 3.17. The number of ketones is 3. The van der Waals surface area contributed by atoms with Crippen molar-refractivity contribution in [3.8, 4) is 0 Å². The molecule has 0 amide bonds. The topological polar surface area (TPSA) is 51.2 Å². The van der Waals surface area contributed by atoms with E-state index in [4.69, 9.17) is 0 Å². The molecule has 3 aromatic rings. The van der Waals surface area contributed by atoms with E-state index < -0.39 is 42.0 Å². The first-order valence-corrected chi connectivity index (χ1v) is 8.56. The van der Waals surface area contributed by atoms with Gasteiger partial charge in [0.2, 0.25) is 11.6 Å². The third-order valence-corrected chi connectivity index (χ3v) is 4.63. The molecule has 0 saturated carbocycles. The van der Waals surface area contributed by atoms with Gasteiger partial charge in [-0.05, 0) is 33.7 Å². The maximum atomic E-state index is 13.0. The molecule has 1 unspecified atom stereocenters. The van der Waals surface area contributed by atoms with Crippen molar-refractivity contribution < 1.29 is 40.7 Å². The molecule has 1 atom stereocenters. The van der Waals surface area contributed by atoms with Crippen LogP contribution in [0.3, 0.4) is 0 Å². The van der Waals surface area contributed by atoms with Gasteiger partial charge < -0.3 is 0 Å². The van der Waals surface area contributed by atoms with Gasteiger partial charge in [-0.15, -0.1) is 0 Å². The number of hydrogen-bond acceptors (Lipinski definition) is 3. The Labute approximate surface area is 165 Å². The van der Waals surface area contributed by atoms with Crippen LogP contribution < -0.4 is 0 Å². The third-order valence-electron chi connectivity index (χ3n) is 4.63. The smallest absolute Gasteiger partial charge is 0.293 e. The van der Waals surface area contributed by atoms with Crippen LogP contribution >= 0.6 is 0 Å². The van der Waals surface area contributed by atoms with Crippen molar-refractivity contribution in [1.29, 1.82) is 0 Å². The molecule has 0 bridgehead atoms. The number of carbonyl (C=O) groups excluding carboxylic acids is 3. The molecule has 0 aliphatic carbocycles. The summed E-state index contributed by atoms with van der Waals surface area (Å²) < 4.78 is 76.7. The number of carbonyl (C=O) groups is 3. The number of alkyl halides is 6. The van der Waals surface area contributed by atoms with Crippen molar-refractivity contribution in [2.24, 2.45) is 5.92 Å². The molecule has 0 saturated heterocycles. The lowest BCUT2D eigenvalue weighted by Gasteiger charge is -2.18. The summed E-state index contributed by atoms with van der Waals surface area (Å²) in [6.07, 6.45) is -13.0. The first-order chi connectivity index (χ1) is 13.9. The number of Topliss-reactive ketones (excluding diaryl/α,β-unsaturated/α-hetero) is 3. The second-order valence-electron chi connectivity index (χ2n) is 6.63. The highest BCUT2D eigenvalue weighted by molar-refractivity contribution is 6.19. The zero-order valence-electron chi connectivity index (χ0n) is 15.0. The summed E-state index contributed by atoms with van der Waals surface area (Å²) in [6, 6.07) is 14.1. The average Bonchev–Trinajstić information content (AvgIpc) is 2.67. The van der Waals surface area contributed by atoms with Gasteiger partial charge in [-0.1, -0.05) is 42.5 Å². The molecule has 0 aromatic heterocycles. The van der Waals surface area contributed by atoms with E-state index >= 15 is 0 Å². The Morgan fingerprint density at radius 1 is 0.733 bits per heavy atom. The number of halogens is 6. The zero-order chi connectivity index (χ0) is 22.3. The van der Waals surface area contributed by atoms with E-state index in [2.05, 4.69) is 0 Å². The van der Waals surface area contributed by atoms with E-state index in [1.807, 2.05) is 0 Å². The van der Waals surface area contributed by atoms with E-state index in [0.717, 1.165) is 11.5 Å². The van der Waals surface area contributed by atoms with Crippen LogP contribution in [0.25, 0.3) is 21.5 Å². The molecule has 0 heterocycles. The van der Waals surface area contributed by atoms with Gasteiger partial charge in [0, 0.05) is 12.0 Å². The first-order valence-electron chi connectivity index (χ1n) is 8.56. The molecule has 3 rings (SSSR count). The summed E-state index contributed by atoms with van der Waals surface area (Å²) in [4.78, 5) is 35.8. The summed E-state index contributed by atoms with van der Waals surface area (Å²) in [6.45, 7) is 0. The summed E-state index contributed by atoms with van der Waals surface area (Å²) in [5, 5.41) is 2.01. The normalized spacial score (nSPS) is 13.4. The molecule has 0 N–H and O–H groups in total. The minimum atomic E-state index is -5.58. The highest BCUT2D eigenvalue weighted by Gasteiger charge is 2.50. The fourth-order valence-corrected chi connectivity index (χ4v) is 3.17. The van der Waals surface area contributed by atoms with E-state index in [0.29, 0.717) is 10.8 Å². The molecular formula is C21H12F6O3. The Hall–Kier alpha value is -3.23. The zero-order valence-corrected chi connectivity index (χ0v) is 15.0. The van der Waals surface area contributed by atoms with Crippen molar-refractivity contribution in [1.82, 2.24) is 0 Å². The Balaban J connectivity index is 2.14. The average molecular weight is 426 g/mol. The fraction of sp³-hybridized carbons (Fsp3) is 0.190. The van der Waals surface area contributed by atoms with Gasteiger partial charge in [0.05, 0.1) is 5.92 Å². The molecular weight excluding hydrogens is 414 g/mol. The quantitative estimate of drug-likeness (QED) is 0.236. The van der Waals surface area contributed by atoms with E-state index in [1.54, 1.807) is 36.4 Å². The molecule has 0 spiro atoms. The van der Waals surface area contributed by atoms with Crippen molar-refractivity contribution in [2.45, 2.75) is 18.8 Å². The highest BCUT2D eigenvalue weighted by atomic mass is 19.4. The van der Waals surface area contributed by atoms with Crippen LogP contribution in [0, 0.1) is 5.92 Å². The van der Waals surface area contributed by atoms with Crippen LogP contribution in [-0.2, 0) is 9.59 Å². The lowest BCUT2D eigenvalue weighted by Crippen LogP contribution is -2.39. The molecule has 0 aliphatic rings. The number of rotatable bonds is 5. The van der Waals surface area contributed by atoms with Gasteiger partial charge in [0.1, 0.15) is 0 Å². The summed E-state index contributed by atoms with van der Waals surface area (Å²) in [7, 11) is 0. The Morgan fingerprint density at radius 3 is 1.87 bits per heavy atom. The van der Waals surface area contributed by atoms with Gasteiger partial charge in [-0.3, -0.25) is 14.4 Å². The Morgan fingerprint density at radius 2 is 1.30 bits per heavy atom. The summed E-state index contributed by atoms with van der Waals surface area (Å²) >= 11 is 0. The largest absolute Gasteiger partial charge is 0.450 e. The predicted molar refractivity (Wildman–Crippen MR) is 96.0 cm³/mol. The number of hydrogen-bond donors (Lipinski definition) is 0. The second kappa shape index (κ2) is 7.55. The van der Waals surface area contributed by atoms with Crippen LogP contribution in [0.5, 0.6) is 0 Å². The molecule has 9 heteroatoms. The minimum Gasteiger partial charge on any atom is -0.293 e. The monoisotopic (exact) mass is 426 g/mol. The van der Waals surface area contributed by atoms with Crippen molar-refractivity contribution in [3.63, 3.8) is 0 Å². The lowest BCUT2D eigenvalue weighted by molar-refractivity contribution is -0.179. The van der Waals surface area contributed by atoms with Gasteiger partial charge in [-0.25, -0.2) is 0 Å². The van der Waals surface area contributed by atoms with Crippen LogP contribution in [-0.4, -0.2) is 29.7 Å². The maximum absolute atomic E-state index is 13.0. The maximum Gasteiger partial charge on any atom is 0.450 e. The lowest BCUT2D eigenvalue weighted by atomic mass is 9.86. The van der Waals surface area contributed by atoms with Crippen molar-refractivity contribution in [3.05, 3.63) is 60.2 Å². The van der Waals surface area contributed by atoms with Crippen molar-refractivity contribution in [2.75, 3.05) is 0 Å². The van der Waals surface area contributed by atoms with Crippen LogP contribution in [0.1, 0.15) is 16.8 Å². The standard InChI is InChI=1S/C21H12F6O3/c22-20(23,24)17(28)10-16(19(30)21(25,26)27)18(29)14-7-3-6-13-8-11-4-1-2-5-12(11)9-15(13)14/h1-9,16H,10H2. The second-order valence-corrected chi connectivity index (χ2v) is 6.63. The van der Waals surface area contributed by atoms with Gasteiger partial charge in [0.25, 0.3) is 0 Å². The molecule has 0 radical (unpaired) electrons. The predicted octanol–water partition coefficient (Wildman–Crippen LogP) is 5.44. The van der Waals surface area contributed by atoms with Crippen LogP contribution in [0.15, 0.2) is 54.6 Å². The Bertz CT molecular complexity index is 1160. The van der Waals surface area contributed by atoms with Crippen LogP contribution in [0.4, 0.5) is 26.3 Å². The number of fused-ring (bicyclic) bond motifs is 2. The highest BCUT2D eigenvalue weighted by Crippen LogP contribution is 2.32. The first kappa shape index (κ1) is 21.5. The van der Waals surface area contributed by atoms with E-state index in [9.17, 15) is 40.7 Å². The van der Waals surface area contributed by atoms with E-state index in [1.165, 1.54) is 12.1 Å². The number of benzene rings is 3. The molecule has 3 nitrogen and oxygen atoms in total. The van der Waals surface area contributed by atoms with Gasteiger partial charge >= 0.3 is 12.4 Å². The molecule has 30 heavy (non-hydrogen) atoms. The van der Waals surface area contributed by atoms with Gasteiger partial charge in [-0.2, -0.15) is 26.3 Å². The molecule has 156 valence electrons. The summed E-state index contributed by atoms with van der Waals surface area (Å²) in [5.41, 5.74) is -0.365. The minimum absolute atomic E-state index is 0.167. The third kappa shape index (κ3) is 4.19. The molecule has 0 fully saturated rings. The SMILES string of the molecule is O=C(c1cccc2cc3ccccc3cc12)C(CC(=O)C(F)(F)F)C(=O)C(F)(F)F. The molecule has 3 aromatic carbocycles. The van der Waals surface area contributed by atoms with E-state index in [-0.39, 0.29) is 10.9 Å². The van der Waals surface area contributed by atoms with Crippen molar-refractivity contribution >= 4 is 38.9 Å².